The third-order valence-electron chi connectivity index (χ3n) is 4.46. The molecule has 2 fully saturated rings. The summed E-state index contributed by atoms with van der Waals surface area (Å²) in [7, 11) is 0. The van der Waals surface area contributed by atoms with Crippen molar-refractivity contribution in [2.24, 2.45) is 0 Å². The van der Waals surface area contributed by atoms with Gasteiger partial charge in [-0.3, -0.25) is 9.59 Å². The van der Waals surface area contributed by atoms with Gasteiger partial charge in [-0.05, 0) is 31.4 Å². The molecule has 2 aliphatic heterocycles. The summed E-state index contributed by atoms with van der Waals surface area (Å²) in [5, 5.41) is 3.32. The van der Waals surface area contributed by atoms with Gasteiger partial charge in [0.1, 0.15) is 5.15 Å². The maximum Gasteiger partial charge on any atom is 0.257 e. The van der Waals surface area contributed by atoms with Crippen molar-refractivity contribution in [1.29, 1.82) is 0 Å². The minimum absolute atomic E-state index is 0.0962. The second-order valence-electron chi connectivity index (χ2n) is 6.16. The number of halogens is 1. The molecule has 0 saturated carbocycles. The van der Waals surface area contributed by atoms with E-state index in [-0.39, 0.29) is 23.0 Å². The van der Waals surface area contributed by atoms with Crippen molar-refractivity contribution in [1.82, 2.24) is 20.1 Å². The molecule has 2 saturated heterocycles. The number of nitrogens with zero attached hydrogens (tertiary/aromatic N) is 3. The lowest BCUT2D eigenvalue weighted by Crippen LogP contribution is -2.57. The van der Waals surface area contributed by atoms with E-state index in [9.17, 15) is 9.59 Å². The number of hydrogen-bond acceptors (Lipinski definition) is 4. The Hall–Kier alpha value is -1.66. The second-order valence-corrected chi connectivity index (χ2v) is 6.52. The average molecular weight is 337 g/mol. The first-order valence-corrected chi connectivity index (χ1v) is 8.35. The summed E-state index contributed by atoms with van der Waals surface area (Å²) in [4.78, 5) is 32.6. The van der Waals surface area contributed by atoms with E-state index in [2.05, 4.69) is 10.3 Å². The zero-order chi connectivity index (χ0) is 16.4. The van der Waals surface area contributed by atoms with Crippen molar-refractivity contribution >= 4 is 23.4 Å². The zero-order valence-electron chi connectivity index (χ0n) is 13.2. The molecule has 1 unspecified atom stereocenters. The van der Waals surface area contributed by atoms with E-state index in [4.69, 9.17) is 11.6 Å². The van der Waals surface area contributed by atoms with Crippen LogP contribution in [0.2, 0.25) is 5.15 Å². The number of nitrogens with one attached hydrogen (secondary N) is 1. The van der Waals surface area contributed by atoms with E-state index < -0.39 is 0 Å². The van der Waals surface area contributed by atoms with E-state index in [0.717, 1.165) is 24.9 Å². The van der Waals surface area contributed by atoms with Gasteiger partial charge in [-0.1, -0.05) is 11.6 Å². The van der Waals surface area contributed by atoms with Crippen LogP contribution >= 0.6 is 11.6 Å². The van der Waals surface area contributed by atoms with E-state index in [1.54, 1.807) is 17.2 Å². The lowest BCUT2D eigenvalue weighted by molar-refractivity contribution is -0.135. The van der Waals surface area contributed by atoms with Gasteiger partial charge < -0.3 is 15.1 Å². The molecule has 6 nitrogen and oxygen atoms in total. The molecule has 3 rings (SSSR count). The molecule has 2 amide bonds. The number of rotatable bonds is 2. The van der Waals surface area contributed by atoms with Gasteiger partial charge in [0.2, 0.25) is 5.91 Å². The van der Waals surface area contributed by atoms with Gasteiger partial charge in [-0.2, -0.15) is 0 Å². The summed E-state index contributed by atoms with van der Waals surface area (Å²) in [5.41, 5.74) is 1.35. The summed E-state index contributed by atoms with van der Waals surface area (Å²) in [6, 6.07) is 1.87. The number of aryl methyl sites for hydroxylation is 1. The molecule has 1 atom stereocenters. The first-order chi connectivity index (χ1) is 11.1. The Morgan fingerprint density at radius 3 is 3.04 bits per heavy atom. The largest absolute Gasteiger partial charge is 0.336 e. The predicted molar refractivity (Wildman–Crippen MR) is 87.5 cm³/mol. The Morgan fingerprint density at radius 2 is 2.26 bits per heavy atom. The van der Waals surface area contributed by atoms with Crippen molar-refractivity contribution in [2.45, 2.75) is 25.8 Å². The highest BCUT2D eigenvalue weighted by molar-refractivity contribution is 6.32. The standard InChI is InChI=1S/C16H21ClN4O2/c1-11-7-13(15(17)19-8-11)16(23)20-5-2-3-12(10-20)21-6-4-18-9-14(21)22/h7-8,12,18H,2-6,9-10H2,1H3. The van der Waals surface area contributed by atoms with E-state index in [0.29, 0.717) is 31.7 Å². The Balaban J connectivity index is 1.74. The fraction of sp³-hybridized carbons (Fsp3) is 0.562. The van der Waals surface area contributed by atoms with Crippen LogP contribution in [-0.2, 0) is 4.79 Å². The summed E-state index contributed by atoms with van der Waals surface area (Å²) in [6.07, 6.45) is 3.48. The van der Waals surface area contributed by atoms with Gasteiger partial charge >= 0.3 is 0 Å². The van der Waals surface area contributed by atoms with Gasteiger partial charge in [-0.25, -0.2) is 4.98 Å². The van der Waals surface area contributed by atoms with Crippen LogP contribution in [0.3, 0.4) is 0 Å². The fourth-order valence-corrected chi connectivity index (χ4v) is 3.46. The highest BCUT2D eigenvalue weighted by Crippen LogP contribution is 2.22. The summed E-state index contributed by atoms with van der Waals surface area (Å²) < 4.78 is 0. The van der Waals surface area contributed by atoms with Gasteiger partial charge in [0.25, 0.3) is 5.91 Å². The second kappa shape index (κ2) is 6.84. The lowest BCUT2D eigenvalue weighted by atomic mass is 10.0. The maximum atomic E-state index is 12.8. The highest BCUT2D eigenvalue weighted by Gasteiger charge is 2.32. The number of carbonyl (C=O) groups excluding carboxylic acids is 2. The van der Waals surface area contributed by atoms with Crippen LogP contribution in [0.1, 0.15) is 28.8 Å². The number of piperazine rings is 1. The monoisotopic (exact) mass is 336 g/mol. The number of likely N-dealkylation sites (tertiary alicyclic amines) is 1. The average Bonchev–Trinajstić information content (AvgIpc) is 2.57. The van der Waals surface area contributed by atoms with E-state index in [1.807, 2.05) is 11.8 Å². The minimum Gasteiger partial charge on any atom is -0.336 e. The molecule has 2 aliphatic rings. The maximum absolute atomic E-state index is 12.8. The van der Waals surface area contributed by atoms with Crippen LogP contribution in [0.15, 0.2) is 12.3 Å². The van der Waals surface area contributed by atoms with Crippen LogP contribution < -0.4 is 5.32 Å². The van der Waals surface area contributed by atoms with Gasteiger partial charge in [0.15, 0.2) is 0 Å². The van der Waals surface area contributed by atoms with Crippen molar-refractivity contribution in [3.63, 3.8) is 0 Å². The van der Waals surface area contributed by atoms with Crippen molar-refractivity contribution < 1.29 is 9.59 Å². The van der Waals surface area contributed by atoms with Crippen LogP contribution in [0.4, 0.5) is 0 Å². The SMILES string of the molecule is Cc1cnc(Cl)c(C(=O)N2CCCC(N3CCNCC3=O)C2)c1. The zero-order valence-corrected chi connectivity index (χ0v) is 14.0. The first kappa shape index (κ1) is 16.2. The molecule has 1 N–H and O–H groups in total. The molecule has 1 aromatic heterocycles. The first-order valence-electron chi connectivity index (χ1n) is 7.98. The Bertz CT molecular complexity index is 622. The third-order valence-corrected chi connectivity index (χ3v) is 4.76. The molecule has 1 aromatic rings. The highest BCUT2D eigenvalue weighted by atomic mass is 35.5. The number of piperidine rings is 1. The molecular formula is C16H21ClN4O2. The smallest absolute Gasteiger partial charge is 0.257 e. The molecular weight excluding hydrogens is 316 g/mol. The third kappa shape index (κ3) is 3.48. The Morgan fingerprint density at radius 1 is 1.43 bits per heavy atom. The molecule has 0 bridgehead atoms. The van der Waals surface area contributed by atoms with E-state index in [1.165, 1.54) is 0 Å². The normalized spacial score (nSPS) is 22.3. The Kier molecular flexibility index (Phi) is 4.82. The van der Waals surface area contributed by atoms with Gasteiger partial charge in [0.05, 0.1) is 12.1 Å². The van der Waals surface area contributed by atoms with Crippen LogP contribution in [0, 0.1) is 6.92 Å². The molecule has 7 heteroatoms. The number of hydrogen-bond donors (Lipinski definition) is 1. The molecule has 124 valence electrons. The van der Waals surface area contributed by atoms with Gasteiger partial charge in [0, 0.05) is 38.4 Å². The lowest BCUT2D eigenvalue weighted by Gasteiger charge is -2.41. The van der Waals surface area contributed by atoms with Crippen molar-refractivity contribution in [3.05, 3.63) is 28.5 Å². The number of pyridine rings is 1. The quantitative estimate of drug-likeness (QED) is 0.821. The van der Waals surface area contributed by atoms with Crippen LogP contribution in [-0.4, -0.2) is 65.4 Å². The number of amides is 2. The van der Waals surface area contributed by atoms with Crippen molar-refractivity contribution in [3.8, 4) is 0 Å². The fourth-order valence-electron chi connectivity index (χ4n) is 3.27. The summed E-state index contributed by atoms with van der Waals surface area (Å²) in [5.74, 6) is 0.0179. The van der Waals surface area contributed by atoms with E-state index >= 15 is 0 Å². The van der Waals surface area contributed by atoms with Crippen LogP contribution in [0.25, 0.3) is 0 Å². The number of aromatic nitrogens is 1. The molecule has 0 radical (unpaired) electrons. The molecule has 0 spiro atoms. The molecule has 23 heavy (non-hydrogen) atoms. The Labute approximate surface area is 140 Å². The molecule has 3 heterocycles. The number of carbonyl (C=O) groups is 2. The predicted octanol–water partition coefficient (Wildman–Crippen LogP) is 1.08. The summed E-state index contributed by atoms with van der Waals surface area (Å²) >= 11 is 6.09. The minimum atomic E-state index is -0.0986. The molecule has 0 aliphatic carbocycles. The topological polar surface area (TPSA) is 65.5 Å². The van der Waals surface area contributed by atoms with Crippen molar-refractivity contribution in [2.75, 3.05) is 32.7 Å². The van der Waals surface area contributed by atoms with Crippen LogP contribution in [0.5, 0.6) is 0 Å². The summed E-state index contributed by atoms with van der Waals surface area (Å²) in [6.45, 7) is 5.05. The molecule has 0 aromatic carbocycles. The van der Waals surface area contributed by atoms with Gasteiger partial charge in [-0.15, -0.1) is 0 Å².